The molecule has 0 saturated carbocycles. The highest BCUT2D eigenvalue weighted by molar-refractivity contribution is 5.94. The number of carbonyl (C=O) groups is 1. The number of amides is 1. The second kappa shape index (κ2) is 7.87. The average molecular weight is 357 g/mol. The summed E-state index contributed by atoms with van der Waals surface area (Å²) < 4.78 is 81.5. The molecular weight excluding hydrogens is 340 g/mol. The molecule has 0 spiro atoms. The Bertz CT molecular complexity index is 534. The summed E-state index contributed by atoms with van der Waals surface area (Å²) in [5.74, 6) is -1.00. The quantitative estimate of drug-likeness (QED) is 0.610. The molecule has 9 heteroatoms. The van der Waals surface area contributed by atoms with Crippen LogP contribution in [-0.2, 0) is 17.1 Å². The number of halogens is 6. The van der Waals surface area contributed by atoms with E-state index in [9.17, 15) is 31.1 Å². The van der Waals surface area contributed by atoms with Crippen LogP contribution in [0.3, 0.4) is 0 Å². The number of hydrogen-bond acceptors (Lipinski definition) is 2. The minimum Gasteiger partial charge on any atom is -0.379 e. The van der Waals surface area contributed by atoms with Gasteiger partial charge in [-0.3, -0.25) is 4.79 Å². The van der Waals surface area contributed by atoms with Gasteiger partial charge in [0, 0.05) is 18.7 Å². The van der Waals surface area contributed by atoms with Crippen molar-refractivity contribution < 1.29 is 35.9 Å². The van der Waals surface area contributed by atoms with Crippen molar-refractivity contribution in [3.05, 3.63) is 34.9 Å². The lowest BCUT2D eigenvalue weighted by Gasteiger charge is -2.14. The lowest BCUT2D eigenvalue weighted by molar-refractivity contribution is -0.143. The maximum Gasteiger partial charge on any atom is 0.416 e. The van der Waals surface area contributed by atoms with Gasteiger partial charge in [-0.2, -0.15) is 26.3 Å². The van der Waals surface area contributed by atoms with E-state index < -0.39 is 35.0 Å². The summed E-state index contributed by atoms with van der Waals surface area (Å²) in [6.07, 6.45) is -9.60. The van der Waals surface area contributed by atoms with Gasteiger partial charge in [-0.05, 0) is 38.5 Å². The van der Waals surface area contributed by atoms with E-state index in [0.29, 0.717) is 25.2 Å². The molecule has 1 aromatic carbocycles. The molecule has 0 aliphatic heterocycles. The highest BCUT2D eigenvalue weighted by Gasteiger charge is 2.37. The zero-order valence-corrected chi connectivity index (χ0v) is 13.0. The zero-order chi connectivity index (χ0) is 18.5. The SMILES string of the molecule is CC(C)OCCCNC(=O)c1cc(C(F)(F)F)cc(C(F)(F)F)c1. The lowest BCUT2D eigenvalue weighted by atomic mass is 10.0. The molecule has 3 nitrogen and oxygen atoms in total. The number of hydrogen-bond donors (Lipinski definition) is 1. The molecular formula is C15H17F6NO2. The van der Waals surface area contributed by atoms with Gasteiger partial charge < -0.3 is 10.1 Å². The van der Waals surface area contributed by atoms with Crippen LogP contribution in [0.2, 0.25) is 0 Å². The standard InChI is InChI=1S/C15H17F6NO2/c1-9(2)24-5-3-4-22-13(23)10-6-11(14(16,17)18)8-12(7-10)15(19,20)21/h6-9H,3-5H2,1-2H3,(H,22,23). The topological polar surface area (TPSA) is 38.3 Å². The van der Waals surface area contributed by atoms with Gasteiger partial charge in [0.25, 0.3) is 5.91 Å². The van der Waals surface area contributed by atoms with Crippen LogP contribution in [0.4, 0.5) is 26.3 Å². The van der Waals surface area contributed by atoms with Crippen molar-refractivity contribution in [3.8, 4) is 0 Å². The first kappa shape index (κ1) is 20.3. The Balaban J connectivity index is 2.87. The highest BCUT2D eigenvalue weighted by atomic mass is 19.4. The Morgan fingerprint density at radius 2 is 1.54 bits per heavy atom. The first-order chi connectivity index (χ1) is 10.9. The third kappa shape index (κ3) is 6.38. The molecule has 1 aromatic rings. The Kier molecular flexibility index (Phi) is 6.65. The van der Waals surface area contributed by atoms with Gasteiger partial charge in [0.05, 0.1) is 17.2 Å². The molecule has 1 amide bonds. The summed E-state index contributed by atoms with van der Waals surface area (Å²) in [4.78, 5) is 11.8. The van der Waals surface area contributed by atoms with Crippen LogP contribution in [0, 0.1) is 0 Å². The molecule has 0 saturated heterocycles. The number of rotatable bonds is 6. The Labute approximate surface area is 135 Å². The summed E-state index contributed by atoms with van der Waals surface area (Å²) in [6, 6.07) is 0.775. The van der Waals surface area contributed by atoms with Gasteiger partial charge >= 0.3 is 12.4 Å². The van der Waals surface area contributed by atoms with Crippen LogP contribution in [0.1, 0.15) is 41.8 Å². The van der Waals surface area contributed by atoms with Crippen molar-refractivity contribution in [3.63, 3.8) is 0 Å². The van der Waals surface area contributed by atoms with Gasteiger partial charge in [0.2, 0.25) is 0 Å². The predicted molar refractivity (Wildman–Crippen MR) is 74.5 cm³/mol. The van der Waals surface area contributed by atoms with Crippen LogP contribution in [-0.4, -0.2) is 25.2 Å². The second-order valence-corrected chi connectivity index (χ2v) is 5.32. The minimum atomic E-state index is -4.98. The van der Waals surface area contributed by atoms with Gasteiger partial charge in [-0.25, -0.2) is 0 Å². The average Bonchev–Trinajstić information content (AvgIpc) is 2.44. The van der Waals surface area contributed by atoms with Gasteiger partial charge in [0.15, 0.2) is 0 Å². The van der Waals surface area contributed by atoms with Crippen molar-refractivity contribution in [2.24, 2.45) is 0 Å². The molecule has 0 heterocycles. The van der Waals surface area contributed by atoms with Crippen LogP contribution in [0.25, 0.3) is 0 Å². The number of alkyl halides is 6. The molecule has 0 aliphatic rings. The predicted octanol–water partition coefficient (Wildman–Crippen LogP) is 4.27. The normalized spacial score (nSPS) is 12.5. The maximum atomic E-state index is 12.7. The van der Waals surface area contributed by atoms with E-state index >= 15 is 0 Å². The van der Waals surface area contributed by atoms with Crippen molar-refractivity contribution in [2.75, 3.05) is 13.2 Å². The fourth-order valence-corrected chi connectivity index (χ4v) is 1.78. The number of benzene rings is 1. The third-order valence-electron chi connectivity index (χ3n) is 2.91. The largest absolute Gasteiger partial charge is 0.416 e. The van der Waals surface area contributed by atoms with E-state index in [1.807, 2.05) is 0 Å². The van der Waals surface area contributed by atoms with Gasteiger partial charge in [-0.1, -0.05) is 0 Å². The number of nitrogens with one attached hydrogen (secondary N) is 1. The summed E-state index contributed by atoms with van der Waals surface area (Å²) >= 11 is 0. The third-order valence-corrected chi connectivity index (χ3v) is 2.91. The van der Waals surface area contributed by atoms with Gasteiger partial charge in [0.1, 0.15) is 0 Å². The molecule has 1 rings (SSSR count). The van der Waals surface area contributed by atoms with E-state index in [1.165, 1.54) is 0 Å². The van der Waals surface area contributed by atoms with Gasteiger partial charge in [-0.15, -0.1) is 0 Å². The second-order valence-electron chi connectivity index (χ2n) is 5.32. The number of ether oxygens (including phenoxy) is 1. The van der Waals surface area contributed by atoms with Crippen LogP contribution < -0.4 is 5.32 Å². The first-order valence-corrected chi connectivity index (χ1v) is 7.10. The highest BCUT2D eigenvalue weighted by Crippen LogP contribution is 2.36. The van der Waals surface area contributed by atoms with Crippen molar-refractivity contribution in [1.82, 2.24) is 5.32 Å². The molecule has 0 unspecified atom stereocenters. The Morgan fingerprint density at radius 3 is 1.96 bits per heavy atom. The summed E-state index contributed by atoms with van der Waals surface area (Å²) in [5, 5.41) is 2.28. The summed E-state index contributed by atoms with van der Waals surface area (Å²) in [5.41, 5.74) is -3.74. The Hall–Kier alpha value is -1.77. The molecule has 1 N–H and O–H groups in total. The summed E-state index contributed by atoms with van der Waals surface area (Å²) in [7, 11) is 0. The molecule has 0 aliphatic carbocycles. The molecule has 0 bridgehead atoms. The Morgan fingerprint density at radius 1 is 1.04 bits per heavy atom. The minimum absolute atomic E-state index is 0.0153. The molecule has 0 atom stereocenters. The van der Waals surface area contributed by atoms with Crippen LogP contribution in [0.5, 0.6) is 0 Å². The zero-order valence-electron chi connectivity index (χ0n) is 13.0. The maximum absolute atomic E-state index is 12.7. The van der Waals surface area contributed by atoms with Crippen LogP contribution >= 0.6 is 0 Å². The van der Waals surface area contributed by atoms with E-state index in [4.69, 9.17) is 4.74 Å². The fourth-order valence-electron chi connectivity index (χ4n) is 1.78. The molecule has 24 heavy (non-hydrogen) atoms. The monoisotopic (exact) mass is 357 g/mol. The van der Waals surface area contributed by atoms with E-state index in [2.05, 4.69) is 5.32 Å². The molecule has 0 fully saturated rings. The van der Waals surface area contributed by atoms with Crippen LogP contribution in [0.15, 0.2) is 18.2 Å². The smallest absolute Gasteiger partial charge is 0.379 e. The van der Waals surface area contributed by atoms with Crippen molar-refractivity contribution in [1.29, 1.82) is 0 Å². The van der Waals surface area contributed by atoms with Crippen molar-refractivity contribution in [2.45, 2.75) is 38.7 Å². The molecule has 0 aromatic heterocycles. The van der Waals surface area contributed by atoms with E-state index in [-0.39, 0.29) is 18.7 Å². The van der Waals surface area contributed by atoms with E-state index in [1.54, 1.807) is 13.8 Å². The first-order valence-electron chi connectivity index (χ1n) is 7.10. The molecule has 136 valence electrons. The van der Waals surface area contributed by atoms with E-state index in [0.717, 1.165) is 0 Å². The molecule has 0 radical (unpaired) electrons. The summed E-state index contributed by atoms with van der Waals surface area (Å²) in [6.45, 7) is 4.00. The fraction of sp³-hybridized carbons (Fsp3) is 0.533. The van der Waals surface area contributed by atoms with Crippen molar-refractivity contribution >= 4 is 5.91 Å². The lowest BCUT2D eigenvalue weighted by Crippen LogP contribution is -2.26. The number of carbonyl (C=O) groups excluding carboxylic acids is 1.